The number of sulfonamides is 1. The molecule has 8 nitrogen and oxygen atoms in total. The summed E-state index contributed by atoms with van der Waals surface area (Å²) in [5, 5.41) is 2.77. The molecular weight excluding hydrogens is 440 g/mol. The van der Waals surface area contributed by atoms with Crippen LogP contribution in [0.1, 0.15) is 46.3 Å². The number of ketones is 1. The van der Waals surface area contributed by atoms with Crippen molar-refractivity contribution in [2.24, 2.45) is 13.0 Å². The fourth-order valence-electron chi connectivity index (χ4n) is 3.91. The number of amides is 1. The van der Waals surface area contributed by atoms with Crippen molar-refractivity contribution in [2.45, 2.75) is 24.7 Å². The van der Waals surface area contributed by atoms with E-state index >= 15 is 0 Å². The van der Waals surface area contributed by atoms with Gasteiger partial charge in [-0.2, -0.15) is 4.31 Å². The highest BCUT2D eigenvalue weighted by molar-refractivity contribution is 7.89. The molecule has 1 aliphatic heterocycles. The molecule has 2 aromatic carbocycles. The van der Waals surface area contributed by atoms with Crippen LogP contribution in [0.2, 0.25) is 0 Å². The molecule has 1 aliphatic rings. The summed E-state index contributed by atoms with van der Waals surface area (Å²) in [5.74, 6) is 0.0961. The van der Waals surface area contributed by atoms with Gasteiger partial charge in [0.15, 0.2) is 5.82 Å². The maximum atomic E-state index is 12.9. The SMILES string of the molecule is C[C@@H]1CCCN(S(=O)(=O)c2ccc(C(=O)Nc3ccc(C(=O)c4nccn4C)cc3)cc2)C1. The molecule has 1 N–H and O–H groups in total. The number of rotatable bonds is 6. The number of piperidine rings is 1. The van der Waals surface area contributed by atoms with Gasteiger partial charge in [-0.05, 0) is 67.3 Å². The second kappa shape index (κ2) is 9.29. The van der Waals surface area contributed by atoms with E-state index in [1.165, 1.54) is 28.6 Å². The van der Waals surface area contributed by atoms with Gasteiger partial charge in [0.1, 0.15) is 0 Å². The Morgan fingerprint density at radius 2 is 1.70 bits per heavy atom. The number of aryl methyl sites for hydroxylation is 1. The molecule has 33 heavy (non-hydrogen) atoms. The van der Waals surface area contributed by atoms with Gasteiger partial charge in [0.2, 0.25) is 15.8 Å². The average Bonchev–Trinajstić information content (AvgIpc) is 3.25. The topological polar surface area (TPSA) is 101 Å². The molecule has 1 fully saturated rings. The minimum absolute atomic E-state index is 0.185. The monoisotopic (exact) mass is 466 g/mol. The summed E-state index contributed by atoms with van der Waals surface area (Å²) >= 11 is 0. The molecule has 1 atom stereocenters. The number of nitrogens with one attached hydrogen (secondary N) is 1. The molecule has 0 aliphatic carbocycles. The lowest BCUT2D eigenvalue weighted by atomic mass is 10.0. The zero-order valence-corrected chi connectivity index (χ0v) is 19.4. The third-order valence-corrected chi connectivity index (χ3v) is 7.68. The zero-order valence-electron chi connectivity index (χ0n) is 18.6. The Bertz CT molecular complexity index is 1260. The van der Waals surface area contributed by atoms with Gasteiger partial charge in [0, 0.05) is 49.3 Å². The van der Waals surface area contributed by atoms with Crippen molar-refractivity contribution in [3.8, 4) is 0 Å². The number of anilines is 1. The Labute approximate surface area is 193 Å². The lowest BCUT2D eigenvalue weighted by Gasteiger charge is -2.30. The maximum Gasteiger partial charge on any atom is 0.255 e. The first-order valence-corrected chi connectivity index (χ1v) is 12.2. The number of carbonyl (C=O) groups is 2. The molecule has 4 rings (SSSR count). The fraction of sp³-hybridized carbons (Fsp3) is 0.292. The number of carbonyl (C=O) groups excluding carboxylic acids is 2. The highest BCUT2D eigenvalue weighted by Gasteiger charge is 2.28. The summed E-state index contributed by atoms with van der Waals surface area (Å²) < 4.78 is 28.9. The Hall–Kier alpha value is -3.30. The number of aromatic nitrogens is 2. The highest BCUT2D eigenvalue weighted by Crippen LogP contribution is 2.24. The quantitative estimate of drug-likeness (QED) is 0.562. The second-order valence-corrected chi connectivity index (χ2v) is 10.3. The van der Waals surface area contributed by atoms with Gasteiger partial charge in [-0.15, -0.1) is 0 Å². The van der Waals surface area contributed by atoms with Crippen LogP contribution in [0, 0.1) is 5.92 Å². The van der Waals surface area contributed by atoms with E-state index in [0.29, 0.717) is 41.6 Å². The predicted octanol–water partition coefficient (Wildman–Crippen LogP) is 3.32. The molecule has 172 valence electrons. The van der Waals surface area contributed by atoms with Crippen molar-refractivity contribution in [1.29, 1.82) is 0 Å². The van der Waals surface area contributed by atoms with Crippen molar-refractivity contribution in [1.82, 2.24) is 13.9 Å². The van der Waals surface area contributed by atoms with Crippen LogP contribution in [0.5, 0.6) is 0 Å². The molecule has 1 amide bonds. The molecule has 0 bridgehead atoms. The first-order valence-electron chi connectivity index (χ1n) is 10.8. The van der Waals surface area contributed by atoms with Crippen LogP contribution in [0.3, 0.4) is 0 Å². The van der Waals surface area contributed by atoms with Crippen LogP contribution >= 0.6 is 0 Å². The van der Waals surface area contributed by atoms with Crippen molar-refractivity contribution in [2.75, 3.05) is 18.4 Å². The van der Waals surface area contributed by atoms with Crippen LogP contribution in [-0.4, -0.2) is 47.1 Å². The van der Waals surface area contributed by atoms with E-state index in [1.54, 1.807) is 48.3 Å². The van der Waals surface area contributed by atoms with E-state index in [2.05, 4.69) is 17.2 Å². The third-order valence-electron chi connectivity index (χ3n) is 5.80. The molecule has 0 unspecified atom stereocenters. The lowest BCUT2D eigenvalue weighted by Crippen LogP contribution is -2.39. The van der Waals surface area contributed by atoms with Crippen LogP contribution in [-0.2, 0) is 17.1 Å². The van der Waals surface area contributed by atoms with E-state index < -0.39 is 10.0 Å². The Balaban J connectivity index is 1.42. The van der Waals surface area contributed by atoms with Crippen molar-refractivity contribution in [3.05, 3.63) is 77.9 Å². The Morgan fingerprint density at radius 3 is 2.30 bits per heavy atom. The van der Waals surface area contributed by atoms with E-state index in [1.807, 2.05) is 0 Å². The van der Waals surface area contributed by atoms with E-state index in [9.17, 15) is 18.0 Å². The molecule has 0 radical (unpaired) electrons. The van der Waals surface area contributed by atoms with Crippen LogP contribution in [0.15, 0.2) is 65.8 Å². The lowest BCUT2D eigenvalue weighted by molar-refractivity contribution is 0.102. The summed E-state index contributed by atoms with van der Waals surface area (Å²) in [6.07, 6.45) is 5.15. The van der Waals surface area contributed by atoms with Crippen LogP contribution in [0.4, 0.5) is 5.69 Å². The van der Waals surface area contributed by atoms with Crippen molar-refractivity contribution >= 4 is 27.4 Å². The number of benzene rings is 2. The van der Waals surface area contributed by atoms with Crippen LogP contribution in [0.25, 0.3) is 0 Å². The van der Waals surface area contributed by atoms with Gasteiger partial charge in [0.05, 0.1) is 4.90 Å². The number of imidazole rings is 1. The molecule has 0 saturated carbocycles. The van der Waals surface area contributed by atoms with Gasteiger partial charge >= 0.3 is 0 Å². The van der Waals surface area contributed by atoms with Gasteiger partial charge in [0.25, 0.3) is 5.91 Å². The van der Waals surface area contributed by atoms with Gasteiger partial charge in [-0.1, -0.05) is 6.92 Å². The number of hydrogen-bond donors (Lipinski definition) is 1. The van der Waals surface area contributed by atoms with E-state index in [0.717, 1.165) is 12.8 Å². The molecule has 3 aromatic rings. The Morgan fingerprint density at radius 1 is 1.03 bits per heavy atom. The van der Waals surface area contributed by atoms with Crippen molar-refractivity contribution < 1.29 is 18.0 Å². The molecule has 9 heteroatoms. The summed E-state index contributed by atoms with van der Waals surface area (Å²) in [5.41, 5.74) is 1.33. The molecule has 0 spiro atoms. The summed E-state index contributed by atoms with van der Waals surface area (Å²) in [7, 11) is -1.82. The van der Waals surface area contributed by atoms with Crippen molar-refractivity contribution in [3.63, 3.8) is 0 Å². The number of hydrogen-bond acceptors (Lipinski definition) is 5. The summed E-state index contributed by atoms with van der Waals surface area (Å²) in [6, 6.07) is 12.5. The molecular formula is C24H26N4O4S. The fourth-order valence-corrected chi connectivity index (χ4v) is 5.51. The largest absolute Gasteiger partial charge is 0.331 e. The summed E-state index contributed by atoms with van der Waals surface area (Å²) in [4.78, 5) is 29.4. The standard InChI is InChI=1S/C24H26N4O4S/c1-17-4-3-14-28(16-17)33(31,32)21-11-7-19(8-12-21)24(30)26-20-9-5-18(6-10-20)22(29)23-25-13-15-27(23)2/h5-13,15,17H,3-4,14,16H2,1-2H3,(H,26,30)/t17-/m1/s1. The Kier molecular flexibility index (Phi) is 6.44. The van der Waals surface area contributed by atoms with Crippen LogP contribution < -0.4 is 5.32 Å². The minimum Gasteiger partial charge on any atom is -0.331 e. The smallest absolute Gasteiger partial charge is 0.255 e. The van der Waals surface area contributed by atoms with E-state index in [-0.39, 0.29) is 16.6 Å². The maximum absolute atomic E-state index is 12.9. The van der Waals surface area contributed by atoms with Gasteiger partial charge in [-0.25, -0.2) is 13.4 Å². The molecule has 1 aromatic heterocycles. The molecule has 2 heterocycles. The molecule has 1 saturated heterocycles. The predicted molar refractivity (Wildman–Crippen MR) is 125 cm³/mol. The first-order chi connectivity index (χ1) is 15.8. The zero-order chi connectivity index (χ0) is 23.6. The second-order valence-electron chi connectivity index (χ2n) is 8.36. The van der Waals surface area contributed by atoms with Gasteiger partial charge in [-0.3, -0.25) is 9.59 Å². The normalized spacial score (nSPS) is 17.0. The first kappa shape index (κ1) is 22.9. The van der Waals surface area contributed by atoms with Gasteiger partial charge < -0.3 is 9.88 Å². The van der Waals surface area contributed by atoms with E-state index in [4.69, 9.17) is 0 Å². The third kappa shape index (κ3) is 4.89. The highest BCUT2D eigenvalue weighted by atomic mass is 32.2. The average molecular weight is 467 g/mol. The minimum atomic E-state index is -3.57. The number of nitrogens with zero attached hydrogens (tertiary/aromatic N) is 3. The summed E-state index contributed by atoms with van der Waals surface area (Å²) in [6.45, 7) is 3.09.